The number of rotatable bonds is 8. The van der Waals surface area contributed by atoms with E-state index in [4.69, 9.17) is 14.2 Å². The first-order chi connectivity index (χ1) is 11.0. The molecule has 1 amide bonds. The highest BCUT2D eigenvalue weighted by Gasteiger charge is 2.40. The van der Waals surface area contributed by atoms with E-state index >= 15 is 0 Å². The fourth-order valence-electron chi connectivity index (χ4n) is 2.22. The van der Waals surface area contributed by atoms with Crippen LogP contribution >= 0.6 is 0 Å². The third-order valence-electron chi connectivity index (χ3n) is 3.58. The third kappa shape index (κ3) is 4.87. The molecule has 1 aromatic rings. The predicted molar refractivity (Wildman–Crippen MR) is 85.6 cm³/mol. The van der Waals surface area contributed by atoms with E-state index in [1.165, 1.54) is 0 Å². The average Bonchev–Trinajstić information content (AvgIpc) is 3.25. The lowest BCUT2D eigenvalue weighted by Gasteiger charge is -2.13. The fraction of sp³-hybridized carbons (Fsp3) is 0.529. The summed E-state index contributed by atoms with van der Waals surface area (Å²) in [6, 6.07) is 5.15. The molecule has 1 N–H and O–H groups in total. The van der Waals surface area contributed by atoms with Crippen LogP contribution in [0.1, 0.15) is 27.2 Å². The van der Waals surface area contributed by atoms with Gasteiger partial charge in [0.2, 0.25) is 0 Å². The summed E-state index contributed by atoms with van der Waals surface area (Å²) in [6.07, 6.45) is 0.844. The van der Waals surface area contributed by atoms with Crippen molar-refractivity contribution in [2.45, 2.75) is 27.2 Å². The molecule has 1 aromatic carbocycles. The first kappa shape index (κ1) is 17.1. The van der Waals surface area contributed by atoms with Crippen molar-refractivity contribution in [2.24, 2.45) is 11.8 Å². The molecule has 1 saturated carbocycles. The molecule has 0 unspecified atom stereocenters. The Morgan fingerprint density at radius 3 is 2.43 bits per heavy atom. The van der Waals surface area contributed by atoms with Crippen LogP contribution in [-0.4, -0.2) is 31.7 Å². The highest BCUT2D eigenvalue weighted by molar-refractivity contribution is 5.93. The number of anilines is 1. The first-order valence-electron chi connectivity index (χ1n) is 7.91. The molecule has 2 rings (SSSR count). The molecule has 1 aliphatic carbocycles. The van der Waals surface area contributed by atoms with Crippen molar-refractivity contribution in [3.05, 3.63) is 18.2 Å². The maximum absolute atomic E-state index is 11.9. The molecule has 126 valence electrons. The minimum absolute atomic E-state index is 0.0437. The van der Waals surface area contributed by atoms with Gasteiger partial charge in [-0.3, -0.25) is 9.59 Å². The number of benzene rings is 1. The van der Waals surface area contributed by atoms with Crippen molar-refractivity contribution in [3.63, 3.8) is 0 Å². The quantitative estimate of drug-likeness (QED) is 0.745. The molecule has 0 aromatic heterocycles. The SMILES string of the molecule is CCOc1ccc(NC(=O)COC(=O)[C@H]2C[C@H]2C)cc1OCC. The number of hydrogen-bond acceptors (Lipinski definition) is 5. The van der Waals surface area contributed by atoms with Crippen molar-refractivity contribution in [1.82, 2.24) is 0 Å². The molecule has 0 saturated heterocycles. The number of esters is 1. The zero-order valence-corrected chi connectivity index (χ0v) is 13.8. The van der Waals surface area contributed by atoms with E-state index in [0.29, 0.717) is 36.3 Å². The van der Waals surface area contributed by atoms with Gasteiger partial charge in [0.25, 0.3) is 5.91 Å². The summed E-state index contributed by atoms with van der Waals surface area (Å²) in [4.78, 5) is 23.5. The number of amides is 1. The van der Waals surface area contributed by atoms with Gasteiger partial charge in [0, 0.05) is 11.8 Å². The van der Waals surface area contributed by atoms with Crippen LogP contribution in [-0.2, 0) is 14.3 Å². The van der Waals surface area contributed by atoms with Crippen LogP contribution < -0.4 is 14.8 Å². The average molecular weight is 321 g/mol. The Hall–Kier alpha value is -2.24. The molecule has 23 heavy (non-hydrogen) atoms. The number of hydrogen-bond donors (Lipinski definition) is 1. The van der Waals surface area contributed by atoms with Crippen molar-refractivity contribution in [3.8, 4) is 11.5 Å². The molecule has 2 atom stereocenters. The van der Waals surface area contributed by atoms with Gasteiger partial charge in [-0.1, -0.05) is 6.92 Å². The normalized spacial score (nSPS) is 18.9. The lowest BCUT2D eigenvalue weighted by molar-refractivity contribution is -0.148. The summed E-state index contributed by atoms with van der Waals surface area (Å²) >= 11 is 0. The molecule has 6 nitrogen and oxygen atoms in total. The molecule has 1 aliphatic rings. The molecular weight excluding hydrogens is 298 g/mol. The van der Waals surface area contributed by atoms with Gasteiger partial charge >= 0.3 is 5.97 Å². The Morgan fingerprint density at radius 2 is 1.83 bits per heavy atom. The number of carbonyl (C=O) groups excluding carboxylic acids is 2. The summed E-state index contributed by atoms with van der Waals surface area (Å²) in [5.74, 6) is 0.841. The van der Waals surface area contributed by atoms with E-state index in [-0.39, 0.29) is 24.4 Å². The van der Waals surface area contributed by atoms with Crippen molar-refractivity contribution >= 4 is 17.6 Å². The van der Waals surface area contributed by atoms with Crippen LogP contribution in [0.15, 0.2) is 18.2 Å². The highest BCUT2D eigenvalue weighted by atomic mass is 16.5. The summed E-state index contributed by atoms with van der Waals surface area (Å²) in [7, 11) is 0. The predicted octanol–water partition coefficient (Wildman–Crippen LogP) is 2.62. The fourth-order valence-corrected chi connectivity index (χ4v) is 2.22. The van der Waals surface area contributed by atoms with Crippen molar-refractivity contribution < 1.29 is 23.8 Å². The second kappa shape index (κ2) is 7.85. The van der Waals surface area contributed by atoms with Gasteiger partial charge in [0.1, 0.15) is 0 Å². The maximum atomic E-state index is 11.9. The minimum atomic E-state index is -0.377. The largest absolute Gasteiger partial charge is 0.490 e. The van der Waals surface area contributed by atoms with Crippen LogP contribution in [0.25, 0.3) is 0 Å². The van der Waals surface area contributed by atoms with E-state index < -0.39 is 0 Å². The van der Waals surface area contributed by atoms with Gasteiger partial charge in [0.05, 0.1) is 19.1 Å². The molecule has 0 spiro atoms. The summed E-state index contributed by atoms with van der Waals surface area (Å²) < 4.78 is 16.0. The number of nitrogens with one attached hydrogen (secondary N) is 1. The van der Waals surface area contributed by atoms with Gasteiger partial charge < -0.3 is 19.5 Å². The Bertz CT molecular complexity index is 572. The lowest BCUT2D eigenvalue weighted by atomic mass is 10.2. The molecule has 0 bridgehead atoms. The Labute approximate surface area is 136 Å². The molecular formula is C17H23NO5. The smallest absolute Gasteiger partial charge is 0.309 e. The Morgan fingerprint density at radius 1 is 1.17 bits per heavy atom. The molecule has 1 fully saturated rings. The standard InChI is InChI=1S/C17H23NO5/c1-4-21-14-7-6-12(9-15(14)22-5-2)18-16(19)10-23-17(20)13-8-11(13)3/h6-7,9,11,13H,4-5,8,10H2,1-3H3,(H,18,19)/t11-,13+/m1/s1. The summed E-state index contributed by atoms with van der Waals surface area (Å²) in [5.41, 5.74) is 0.567. The molecule has 0 heterocycles. The third-order valence-corrected chi connectivity index (χ3v) is 3.58. The van der Waals surface area contributed by atoms with Gasteiger partial charge in [-0.15, -0.1) is 0 Å². The van der Waals surface area contributed by atoms with Crippen molar-refractivity contribution in [1.29, 1.82) is 0 Å². The second-order valence-electron chi connectivity index (χ2n) is 5.50. The van der Waals surface area contributed by atoms with Crippen LogP contribution in [0.4, 0.5) is 5.69 Å². The van der Waals surface area contributed by atoms with Crippen LogP contribution in [0.3, 0.4) is 0 Å². The summed E-state index contributed by atoms with van der Waals surface area (Å²) in [5, 5.41) is 2.68. The Kier molecular flexibility index (Phi) is 5.84. The van der Waals surface area contributed by atoms with Gasteiger partial charge in [-0.2, -0.15) is 0 Å². The molecule has 0 aliphatic heterocycles. The maximum Gasteiger partial charge on any atom is 0.309 e. The molecule has 6 heteroatoms. The van der Waals surface area contributed by atoms with Gasteiger partial charge in [-0.05, 0) is 38.3 Å². The highest BCUT2D eigenvalue weighted by Crippen LogP contribution is 2.38. The topological polar surface area (TPSA) is 73.9 Å². The second-order valence-corrected chi connectivity index (χ2v) is 5.50. The summed E-state index contributed by atoms with van der Waals surface area (Å²) in [6.45, 7) is 6.50. The van der Waals surface area contributed by atoms with E-state index in [2.05, 4.69) is 5.32 Å². The first-order valence-corrected chi connectivity index (χ1v) is 7.91. The van der Waals surface area contributed by atoms with E-state index in [1.54, 1.807) is 18.2 Å². The van der Waals surface area contributed by atoms with E-state index in [1.807, 2.05) is 20.8 Å². The monoisotopic (exact) mass is 321 g/mol. The van der Waals surface area contributed by atoms with Crippen LogP contribution in [0.5, 0.6) is 11.5 Å². The zero-order chi connectivity index (χ0) is 16.8. The zero-order valence-electron chi connectivity index (χ0n) is 13.8. The lowest BCUT2D eigenvalue weighted by Crippen LogP contribution is -2.21. The molecule has 0 radical (unpaired) electrons. The number of ether oxygens (including phenoxy) is 3. The van der Waals surface area contributed by atoms with Gasteiger partial charge in [0.15, 0.2) is 18.1 Å². The van der Waals surface area contributed by atoms with Crippen molar-refractivity contribution in [2.75, 3.05) is 25.1 Å². The number of carbonyl (C=O) groups is 2. The minimum Gasteiger partial charge on any atom is -0.490 e. The van der Waals surface area contributed by atoms with Crippen LogP contribution in [0.2, 0.25) is 0 Å². The Balaban J connectivity index is 1.89. The van der Waals surface area contributed by atoms with E-state index in [9.17, 15) is 9.59 Å². The van der Waals surface area contributed by atoms with Gasteiger partial charge in [-0.25, -0.2) is 0 Å². The van der Waals surface area contributed by atoms with Crippen LogP contribution in [0, 0.1) is 11.8 Å². The van der Waals surface area contributed by atoms with E-state index in [0.717, 1.165) is 6.42 Å².